The van der Waals surface area contributed by atoms with Crippen LogP contribution in [0, 0.1) is 13.8 Å². The minimum absolute atomic E-state index is 0.189. The standard InChI is InChI=1S/C19H20ClN5O/c1-12-18(14(3)25(24-12)16-7-5-4-6-8-16)22-13(2)19(26)23-17-10-9-15(20)11-21-17/h4-11,13,22H,1-3H3,(H,21,23,26). The number of nitrogens with zero attached hydrogens (tertiary/aromatic N) is 3. The molecule has 3 rings (SSSR count). The van der Waals surface area contributed by atoms with Gasteiger partial charge in [0.15, 0.2) is 0 Å². The van der Waals surface area contributed by atoms with E-state index >= 15 is 0 Å². The fraction of sp³-hybridized carbons (Fsp3) is 0.211. The van der Waals surface area contributed by atoms with E-state index in [1.807, 2.05) is 48.9 Å². The quantitative estimate of drug-likeness (QED) is 0.713. The number of hydrogen-bond acceptors (Lipinski definition) is 4. The van der Waals surface area contributed by atoms with Crippen molar-refractivity contribution in [3.8, 4) is 5.69 Å². The highest BCUT2D eigenvalue weighted by molar-refractivity contribution is 6.30. The Morgan fingerprint density at radius 3 is 2.54 bits per heavy atom. The van der Waals surface area contributed by atoms with Gasteiger partial charge in [0, 0.05) is 6.20 Å². The van der Waals surface area contributed by atoms with Crippen molar-refractivity contribution < 1.29 is 4.79 Å². The van der Waals surface area contributed by atoms with E-state index < -0.39 is 6.04 Å². The summed E-state index contributed by atoms with van der Waals surface area (Å²) in [5, 5.41) is 11.1. The fourth-order valence-electron chi connectivity index (χ4n) is 2.64. The smallest absolute Gasteiger partial charge is 0.247 e. The molecular formula is C19H20ClN5O. The third kappa shape index (κ3) is 3.86. The maximum absolute atomic E-state index is 12.4. The van der Waals surface area contributed by atoms with Crippen LogP contribution in [0.2, 0.25) is 5.02 Å². The molecule has 6 nitrogen and oxygen atoms in total. The van der Waals surface area contributed by atoms with Gasteiger partial charge in [-0.05, 0) is 45.0 Å². The van der Waals surface area contributed by atoms with Crippen LogP contribution < -0.4 is 10.6 Å². The molecule has 1 amide bonds. The number of halogens is 1. The van der Waals surface area contributed by atoms with Gasteiger partial charge >= 0.3 is 0 Å². The predicted octanol–water partition coefficient (Wildman–Crippen LogP) is 3.98. The van der Waals surface area contributed by atoms with E-state index in [1.165, 1.54) is 6.20 Å². The number of benzene rings is 1. The van der Waals surface area contributed by atoms with Crippen molar-refractivity contribution in [3.05, 3.63) is 65.1 Å². The highest BCUT2D eigenvalue weighted by atomic mass is 35.5. The summed E-state index contributed by atoms with van der Waals surface area (Å²) in [6.07, 6.45) is 1.49. The monoisotopic (exact) mass is 369 g/mol. The van der Waals surface area contributed by atoms with Gasteiger partial charge in [-0.15, -0.1) is 0 Å². The van der Waals surface area contributed by atoms with Crippen molar-refractivity contribution in [1.29, 1.82) is 0 Å². The molecule has 0 saturated heterocycles. The van der Waals surface area contributed by atoms with Gasteiger partial charge in [0.25, 0.3) is 0 Å². The lowest BCUT2D eigenvalue weighted by atomic mass is 10.2. The van der Waals surface area contributed by atoms with Crippen LogP contribution >= 0.6 is 11.6 Å². The molecule has 0 aliphatic rings. The maximum atomic E-state index is 12.4. The third-order valence-corrected chi connectivity index (χ3v) is 4.25. The number of aryl methyl sites for hydroxylation is 1. The second kappa shape index (κ2) is 7.58. The topological polar surface area (TPSA) is 71.8 Å². The fourth-order valence-corrected chi connectivity index (χ4v) is 2.75. The number of para-hydroxylation sites is 1. The Kier molecular flexibility index (Phi) is 5.23. The van der Waals surface area contributed by atoms with E-state index in [1.54, 1.807) is 19.1 Å². The van der Waals surface area contributed by atoms with Crippen molar-refractivity contribution >= 4 is 29.0 Å². The minimum Gasteiger partial charge on any atom is -0.371 e. The van der Waals surface area contributed by atoms with Gasteiger partial charge in [-0.2, -0.15) is 5.10 Å². The number of aromatic nitrogens is 3. The number of rotatable bonds is 5. The molecule has 0 aliphatic heterocycles. The Bertz CT molecular complexity index is 906. The van der Waals surface area contributed by atoms with Crippen LogP contribution in [0.5, 0.6) is 0 Å². The van der Waals surface area contributed by atoms with E-state index in [9.17, 15) is 4.79 Å². The molecule has 2 heterocycles. The van der Waals surface area contributed by atoms with Crippen LogP contribution in [0.1, 0.15) is 18.3 Å². The summed E-state index contributed by atoms with van der Waals surface area (Å²) in [5.41, 5.74) is 3.60. The minimum atomic E-state index is -0.460. The summed E-state index contributed by atoms with van der Waals surface area (Å²) in [6, 6.07) is 12.8. The summed E-state index contributed by atoms with van der Waals surface area (Å²) in [7, 11) is 0. The van der Waals surface area contributed by atoms with E-state index in [0.717, 1.165) is 22.8 Å². The molecule has 1 unspecified atom stereocenters. The molecule has 2 N–H and O–H groups in total. The Balaban J connectivity index is 1.75. The Morgan fingerprint density at radius 2 is 1.88 bits per heavy atom. The molecule has 7 heteroatoms. The molecule has 0 fully saturated rings. The van der Waals surface area contributed by atoms with E-state index in [2.05, 4.69) is 20.7 Å². The molecule has 0 aliphatic carbocycles. The van der Waals surface area contributed by atoms with Crippen LogP contribution in [0.25, 0.3) is 5.69 Å². The van der Waals surface area contributed by atoms with Gasteiger partial charge in [0.05, 0.1) is 27.8 Å². The average molecular weight is 370 g/mol. The SMILES string of the molecule is Cc1nn(-c2ccccc2)c(C)c1NC(C)C(=O)Nc1ccc(Cl)cn1. The number of pyridine rings is 1. The van der Waals surface area contributed by atoms with Crippen molar-refractivity contribution in [1.82, 2.24) is 14.8 Å². The predicted molar refractivity (Wildman–Crippen MR) is 104 cm³/mol. The lowest BCUT2D eigenvalue weighted by Gasteiger charge is -2.15. The lowest BCUT2D eigenvalue weighted by molar-refractivity contribution is -0.116. The maximum Gasteiger partial charge on any atom is 0.247 e. The lowest BCUT2D eigenvalue weighted by Crippen LogP contribution is -2.32. The average Bonchev–Trinajstić information content (AvgIpc) is 2.92. The van der Waals surface area contributed by atoms with Crippen LogP contribution in [-0.2, 0) is 4.79 Å². The molecule has 0 spiro atoms. The van der Waals surface area contributed by atoms with Gasteiger partial charge in [0.2, 0.25) is 5.91 Å². The summed E-state index contributed by atoms with van der Waals surface area (Å²) in [5.74, 6) is 0.271. The van der Waals surface area contributed by atoms with Crippen molar-refractivity contribution in [2.45, 2.75) is 26.8 Å². The third-order valence-electron chi connectivity index (χ3n) is 4.02. The van der Waals surface area contributed by atoms with Crippen LogP contribution in [0.15, 0.2) is 48.7 Å². The Labute approximate surface area is 157 Å². The largest absolute Gasteiger partial charge is 0.371 e. The zero-order valence-corrected chi connectivity index (χ0v) is 15.6. The Morgan fingerprint density at radius 1 is 1.15 bits per heavy atom. The van der Waals surface area contributed by atoms with Crippen molar-refractivity contribution in [2.75, 3.05) is 10.6 Å². The molecule has 1 aromatic carbocycles. The number of anilines is 2. The summed E-state index contributed by atoms with van der Waals surface area (Å²) in [4.78, 5) is 16.5. The number of hydrogen-bond donors (Lipinski definition) is 2. The molecule has 1 atom stereocenters. The Hall–Kier alpha value is -2.86. The molecule has 3 aromatic rings. The first kappa shape index (κ1) is 17.9. The second-order valence-corrected chi connectivity index (χ2v) is 6.45. The van der Waals surface area contributed by atoms with E-state index in [0.29, 0.717) is 10.8 Å². The van der Waals surface area contributed by atoms with Crippen molar-refractivity contribution in [2.24, 2.45) is 0 Å². The highest BCUT2D eigenvalue weighted by Crippen LogP contribution is 2.23. The van der Waals surface area contributed by atoms with Gasteiger partial charge < -0.3 is 10.6 Å². The van der Waals surface area contributed by atoms with Crippen LogP contribution in [0.3, 0.4) is 0 Å². The van der Waals surface area contributed by atoms with Gasteiger partial charge in [-0.25, -0.2) is 9.67 Å². The molecule has 0 radical (unpaired) electrons. The molecule has 134 valence electrons. The molecular weight excluding hydrogens is 350 g/mol. The zero-order valence-electron chi connectivity index (χ0n) is 14.8. The van der Waals surface area contributed by atoms with Gasteiger partial charge in [-0.3, -0.25) is 4.79 Å². The number of carbonyl (C=O) groups is 1. The first-order chi connectivity index (χ1) is 12.5. The molecule has 0 bridgehead atoms. The first-order valence-electron chi connectivity index (χ1n) is 8.26. The number of carbonyl (C=O) groups excluding carboxylic acids is 1. The summed E-state index contributed by atoms with van der Waals surface area (Å²) in [6.45, 7) is 5.69. The summed E-state index contributed by atoms with van der Waals surface area (Å²) < 4.78 is 1.86. The molecule has 0 saturated carbocycles. The van der Waals surface area contributed by atoms with E-state index in [-0.39, 0.29) is 5.91 Å². The first-order valence-corrected chi connectivity index (χ1v) is 8.64. The number of nitrogens with one attached hydrogen (secondary N) is 2. The van der Waals surface area contributed by atoms with Gasteiger partial charge in [0.1, 0.15) is 11.9 Å². The second-order valence-electron chi connectivity index (χ2n) is 6.01. The van der Waals surface area contributed by atoms with Crippen molar-refractivity contribution in [3.63, 3.8) is 0 Å². The van der Waals surface area contributed by atoms with Crippen LogP contribution in [-0.4, -0.2) is 26.7 Å². The highest BCUT2D eigenvalue weighted by Gasteiger charge is 2.19. The van der Waals surface area contributed by atoms with E-state index in [4.69, 9.17) is 11.6 Å². The zero-order chi connectivity index (χ0) is 18.7. The molecule has 26 heavy (non-hydrogen) atoms. The number of amides is 1. The normalized spacial score (nSPS) is 11.8. The van der Waals surface area contributed by atoms with Gasteiger partial charge in [-0.1, -0.05) is 29.8 Å². The molecule has 2 aromatic heterocycles. The van der Waals surface area contributed by atoms with Crippen LogP contribution in [0.4, 0.5) is 11.5 Å². The summed E-state index contributed by atoms with van der Waals surface area (Å²) >= 11 is 5.81.